The first-order valence-corrected chi connectivity index (χ1v) is 7.38. The fourth-order valence-electron chi connectivity index (χ4n) is 2.80. The van der Waals surface area contributed by atoms with E-state index in [9.17, 15) is 0 Å². The fourth-order valence-corrected chi connectivity index (χ4v) is 3.16. The van der Waals surface area contributed by atoms with Crippen molar-refractivity contribution < 1.29 is 5.21 Å². The first-order valence-electron chi connectivity index (χ1n) is 6.58. The zero-order valence-corrected chi connectivity index (χ0v) is 12.9. The molecule has 1 aliphatic heterocycles. The molecule has 0 amide bonds. The van der Waals surface area contributed by atoms with Crippen molar-refractivity contribution in [2.24, 2.45) is 16.8 Å². The van der Waals surface area contributed by atoms with Crippen LogP contribution in [0, 0.1) is 5.92 Å². The number of hydrogen-bond donors (Lipinski definition) is 2. The molecule has 5 heteroatoms. The van der Waals surface area contributed by atoms with Gasteiger partial charge in [-0.15, -0.1) is 0 Å². The first kappa shape index (κ1) is 14.2. The summed E-state index contributed by atoms with van der Waals surface area (Å²) in [5, 5.41) is 12.1. The fraction of sp³-hybridized carbons (Fsp3) is 0.500. The van der Waals surface area contributed by atoms with Gasteiger partial charge in [0.1, 0.15) is 0 Å². The van der Waals surface area contributed by atoms with Crippen LogP contribution in [0.25, 0.3) is 0 Å². The monoisotopic (exact) mass is 325 g/mol. The number of halogens is 1. The van der Waals surface area contributed by atoms with Gasteiger partial charge in [0.15, 0.2) is 5.84 Å². The van der Waals surface area contributed by atoms with Gasteiger partial charge < -0.3 is 15.8 Å². The first-order chi connectivity index (χ1) is 9.04. The summed E-state index contributed by atoms with van der Waals surface area (Å²) in [7, 11) is 0. The third kappa shape index (κ3) is 2.86. The minimum atomic E-state index is 0.158. The Hall–Kier alpha value is -1.23. The number of anilines is 1. The molecule has 1 saturated heterocycles. The van der Waals surface area contributed by atoms with Gasteiger partial charge in [-0.3, -0.25) is 0 Å². The third-order valence-corrected chi connectivity index (χ3v) is 4.21. The summed E-state index contributed by atoms with van der Waals surface area (Å²) in [5.41, 5.74) is 7.64. The van der Waals surface area contributed by atoms with Crippen LogP contribution < -0.4 is 10.6 Å². The van der Waals surface area contributed by atoms with Crippen LogP contribution in [-0.4, -0.2) is 23.6 Å². The summed E-state index contributed by atoms with van der Waals surface area (Å²) >= 11 is 3.44. The van der Waals surface area contributed by atoms with E-state index in [4.69, 9.17) is 10.9 Å². The summed E-state index contributed by atoms with van der Waals surface area (Å²) in [5.74, 6) is 0.747. The summed E-state index contributed by atoms with van der Waals surface area (Å²) < 4.78 is 0.929. The van der Waals surface area contributed by atoms with Crippen LogP contribution in [0.15, 0.2) is 27.8 Å². The highest BCUT2D eigenvalue weighted by Crippen LogP contribution is 2.33. The van der Waals surface area contributed by atoms with Crippen LogP contribution in [0.1, 0.15) is 32.3 Å². The second-order valence-corrected chi connectivity index (χ2v) is 6.21. The predicted molar refractivity (Wildman–Crippen MR) is 81.9 cm³/mol. The number of amidine groups is 1. The quantitative estimate of drug-likeness (QED) is 0.388. The van der Waals surface area contributed by atoms with Crippen molar-refractivity contribution in [2.45, 2.75) is 32.7 Å². The number of oxime groups is 1. The number of hydrogen-bond acceptors (Lipinski definition) is 3. The maximum atomic E-state index is 8.95. The van der Waals surface area contributed by atoms with Crippen molar-refractivity contribution in [3.05, 3.63) is 28.2 Å². The molecule has 0 aromatic heterocycles. The van der Waals surface area contributed by atoms with E-state index in [1.807, 2.05) is 18.2 Å². The zero-order valence-electron chi connectivity index (χ0n) is 11.3. The molecule has 0 spiro atoms. The normalized spacial score (nSPS) is 20.3. The average Bonchev–Trinajstić information content (AvgIpc) is 2.87. The molecule has 1 aromatic rings. The molecule has 0 bridgehead atoms. The van der Waals surface area contributed by atoms with Crippen LogP contribution in [0.3, 0.4) is 0 Å². The van der Waals surface area contributed by atoms with E-state index in [1.54, 1.807) is 0 Å². The standard InChI is InChI=1S/C14H20BrN3O/c1-9(2)12-4-3-7-18(12)13-6-5-10(15)8-11(13)14(16)17-19/h5-6,8-9,12,19H,3-4,7H2,1-2H3,(H2,16,17). The van der Waals surface area contributed by atoms with Gasteiger partial charge in [0.05, 0.1) is 0 Å². The second-order valence-electron chi connectivity index (χ2n) is 5.29. The smallest absolute Gasteiger partial charge is 0.172 e. The summed E-state index contributed by atoms with van der Waals surface area (Å²) in [6.07, 6.45) is 2.39. The van der Waals surface area contributed by atoms with Crippen molar-refractivity contribution in [1.29, 1.82) is 0 Å². The summed E-state index contributed by atoms with van der Waals surface area (Å²) in [6, 6.07) is 6.46. The van der Waals surface area contributed by atoms with E-state index in [2.05, 4.69) is 39.8 Å². The Bertz CT molecular complexity index is 488. The SMILES string of the molecule is CC(C)C1CCCN1c1ccc(Br)cc1/C(N)=N/O. The molecule has 0 radical (unpaired) electrons. The maximum absolute atomic E-state index is 8.95. The molecule has 1 heterocycles. The molecule has 0 saturated carbocycles. The Morgan fingerprint density at radius 3 is 2.89 bits per heavy atom. The largest absolute Gasteiger partial charge is 0.409 e. The highest BCUT2D eigenvalue weighted by atomic mass is 79.9. The Balaban J connectivity index is 2.44. The highest BCUT2D eigenvalue weighted by Gasteiger charge is 2.29. The second kappa shape index (κ2) is 5.82. The van der Waals surface area contributed by atoms with Gasteiger partial charge in [-0.2, -0.15) is 0 Å². The summed E-state index contributed by atoms with van der Waals surface area (Å²) in [6.45, 7) is 5.51. The Morgan fingerprint density at radius 1 is 1.53 bits per heavy atom. The third-order valence-electron chi connectivity index (χ3n) is 3.72. The minimum Gasteiger partial charge on any atom is -0.409 e. The lowest BCUT2D eigenvalue weighted by Crippen LogP contribution is -2.35. The van der Waals surface area contributed by atoms with E-state index in [-0.39, 0.29) is 5.84 Å². The molecule has 1 atom stereocenters. The molecule has 1 fully saturated rings. The number of rotatable bonds is 3. The van der Waals surface area contributed by atoms with Crippen LogP contribution in [0.4, 0.5) is 5.69 Å². The Kier molecular flexibility index (Phi) is 4.34. The van der Waals surface area contributed by atoms with Gasteiger partial charge in [-0.05, 0) is 37.0 Å². The van der Waals surface area contributed by atoms with Gasteiger partial charge in [0, 0.05) is 28.3 Å². The van der Waals surface area contributed by atoms with Crippen molar-refractivity contribution in [1.82, 2.24) is 0 Å². The molecule has 1 aromatic carbocycles. The lowest BCUT2D eigenvalue weighted by atomic mass is 10.0. The van der Waals surface area contributed by atoms with E-state index < -0.39 is 0 Å². The predicted octanol–water partition coefficient (Wildman–Crippen LogP) is 3.17. The average molecular weight is 326 g/mol. The van der Waals surface area contributed by atoms with Crippen LogP contribution in [0.2, 0.25) is 0 Å². The van der Waals surface area contributed by atoms with Gasteiger partial charge in [-0.25, -0.2) is 0 Å². The highest BCUT2D eigenvalue weighted by molar-refractivity contribution is 9.10. The molecule has 1 unspecified atom stereocenters. The zero-order chi connectivity index (χ0) is 14.0. The molecule has 0 aliphatic carbocycles. The van der Waals surface area contributed by atoms with Crippen molar-refractivity contribution >= 4 is 27.5 Å². The number of benzene rings is 1. The Morgan fingerprint density at radius 2 is 2.26 bits per heavy atom. The molecule has 104 valence electrons. The minimum absolute atomic E-state index is 0.158. The Labute approximate surface area is 122 Å². The van der Waals surface area contributed by atoms with Crippen molar-refractivity contribution in [3.8, 4) is 0 Å². The number of nitrogens with two attached hydrogens (primary N) is 1. The van der Waals surface area contributed by atoms with Gasteiger partial charge in [0.2, 0.25) is 0 Å². The maximum Gasteiger partial charge on any atom is 0.172 e. The lowest BCUT2D eigenvalue weighted by molar-refractivity contribution is 0.318. The summed E-state index contributed by atoms with van der Waals surface area (Å²) in [4.78, 5) is 2.38. The van der Waals surface area contributed by atoms with Gasteiger partial charge in [-0.1, -0.05) is 34.9 Å². The topological polar surface area (TPSA) is 61.8 Å². The molecular weight excluding hydrogens is 306 g/mol. The van der Waals surface area contributed by atoms with E-state index in [0.29, 0.717) is 12.0 Å². The molecule has 2 rings (SSSR count). The van der Waals surface area contributed by atoms with Crippen molar-refractivity contribution in [3.63, 3.8) is 0 Å². The number of nitrogens with zero attached hydrogens (tertiary/aromatic N) is 2. The van der Waals surface area contributed by atoms with Crippen LogP contribution in [-0.2, 0) is 0 Å². The molecule has 3 N–H and O–H groups in total. The van der Waals surface area contributed by atoms with Crippen molar-refractivity contribution in [2.75, 3.05) is 11.4 Å². The molecule has 1 aliphatic rings. The van der Waals surface area contributed by atoms with Crippen LogP contribution in [0.5, 0.6) is 0 Å². The van der Waals surface area contributed by atoms with Gasteiger partial charge >= 0.3 is 0 Å². The van der Waals surface area contributed by atoms with E-state index in [1.165, 1.54) is 12.8 Å². The van der Waals surface area contributed by atoms with Crippen LogP contribution >= 0.6 is 15.9 Å². The van der Waals surface area contributed by atoms with Gasteiger partial charge in [0.25, 0.3) is 0 Å². The molecular formula is C14H20BrN3O. The lowest BCUT2D eigenvalue weighted by Gasteiger charge is -2.31. The van der Waals surface area contributed by atoms with E-state index >= 15 is 0 Å². The molecule has 19 heavy (non-hydrogen) atoms. The van der Waals surface area contributed by atoms with E-state index in [0.717, 1.165) is 22.3 Å². The molecule has 4 nitrogen and oxygen atoms in total.